The zero-order valence-corrected chi connectivity index (χ0v) is 11.6. The third kappa shape index (κ3) is 3.80. The average molecular weight is 286 g/mol. The van der Waals surface area contributed by atoms with Crippen LogP contribution in [0.25, 0.3) is 0 Å². The van der Waals surface area contributed by atoms with Gasteiger partial charge in [0.05, 0.1) is 10.6 Å². The van der Waals surface area contributed by atoms with Crippen LogP contribution >= 0.6 is 15.9 Å². The summed E-state index contributed by atoms with van der Waals surface area (Å²) in [7, 11) is 0. The number of hydrogen-bond donors (Lipinski definition) is 1. The molecule has 0 fully saturated rings. The summed E-state index contributed by atoms with van der Waals surface area (Å²) in [6.45, 7) is 4.97. The molecule has 0 aliphatic carbocycles. The fourth-order valence-electron chi connectivity index (χ4n) is 1.60. The quantitative estimate of drug-likeness (QED) is 0.868. The maximum Gasteiger partial charge on any atom is 0.133 e. The lowest BCUT2D eigenvalue weighted by atomic mass is 10.1. The molecule has 0 unspecified atom stereocenters. The molecule has 1 rings (SSSR count). The lowest BCUT2D eigenvalue weighted by molar-refractivity contribution is 0.191. The largest absolute Gasteiger partial charge is 0.489 e. The SMILES string of the molecule is CCC(CC)Oc1ccc(CCN)cc1Br. The highest BCUT2D eigenvalue weighted by Gasteiger charge is 2.08. The highest BCUT2D eigenvalue weighted by molar-refractivity contribution is 9.10. The second-order valence-electron chi connectivity index (χ2n) is 3.86. The van der Waals surface area contributed by atoms with Crippen LogP contribution in [0.15, 0.2) is 22.7 Å². The van der Waals surface area contributed by atoms with E-state index in [0.717, 1.165) is 29.5 Å². The van der Waals surface area contributed by atoms with Gasteiger partial charge in [-0.05, 0) is 59.4 Å². The second-order valence-corrected chi connectivity index (χ2v) is 4.71. The van der Waals surface area contributed by atoms with Crippen LogP contribution < -0.4 is 10.5 Å². The molecule has 0 amide bonds. The summed E-state index contributed by atoms with van der Waals surface area (Å²) in [6, 6.07) is 6.19. The van der Waals surface area contributed by atoms with Crippen LogP contribution in [0.1, 0.15) is 32.3 Å². The number of halogens is 1. The van der Waals surface area contributed by atoms with Crippen LogP contribution in [-0.4, -0.2) is 12.6 Å². The molecular formula is C13H20BrNO. The molecule has 0 saturated heterocycles. The smallest absolute Gasteiger partial charge is 0.133 e. The van der Waals surface area contributed by atoms with E-state index in [1.54, 1.807) is 0 Å². The molecule has 16 heavy (non-hydrogen) atoms. The molecule has 1 aromatic rings. The van der Waals surface area contributed by atoms with E-state index < -0.39 is 0 Å². The minimum atomic E-state index is 0.302. The Balaban J connectivity index is 2.74. The minimum Gasteiger partial charge on any atom is -0.489 e. The van der Waals surface area contributed by atoms with Gasteiger partial charge in [-0.2, -0.15) is 0 Å². The molecule has 0 radical (unpaired) electrons. The molecule has 0 spiro atoms. The number of benzene rings is 1. The van der Waals surface area contributed by atoms with Gasteiger partial charge in [-0.15, -0.1) is 0 Å². The normalized spacial score (nSPS) is 10.8. The first-order chi connectivity index (χ1) is 7.71. The summed E-state index contributed by atoms with van der Waals surface area (Å²) in [6.07, 6.45) is 3.28. The van der Waals surface area contributed by atoms with E-state index in [4.69, 9.17) is 10.5 Å². The molecule has 0 atom stereocenters. The van der Waals surface area contributed by atoms with Crippen molar-refractivity contribution in [2.45, 2.75) is 39.2 Å². The van der Waals surface area contributed by atoms with E-state index in [9.17, 15) is 0 Å². The predicted octanol–water partition coefficient (Wildman–Crippen LogP) is 3.52. The first kappa shape index (κ1) is 13.5. The molecule has 0 aliphatic heterocycles. The molecule has 0 heterocycles. The van der Waals surface area contributed by atoms with E-state index in [2.05, 4.69) is 41.9 Å². The van der Waals surface area contributed by atoms with Crippen LogP contribution in [0.5, 0.6) is 5.75 Å². The summed E-state index contributed by atoms with van der Waals surface area (Å²) < 4.78 is 6.92. The standard InChI is InChI=1S/C13H20BrNO/c1-3-11(4-2)16-13-6-5-10(7-8-15)9-12(13)14/h5-6,9,11H,3-4,7-8,15H2,1-2H3. The molecule has 0 bridgehead atoms. The topological polar surface area (TPSA) is 35.2 Å². The van der Waals surface area contributed by atoms with E-state index in [-0.39, 0.29) is 0 Å². The van der Waals surface area contributed by atoms with Crippen molar-refractivity contribution in [3.05, 3.63) is 28.2 Å². The Hall–Kier alpha value is -0.540. The third-order valence-corrected chi connectivity index (χ3v) is 3.25. The molecule has 0 saturated carbocycles. The van der Waals surface area contributed by atoms with Crippen LogP contribution in [0.4, 0.5) is 0 Å². The lowest BCUT2D eigenvalue weighted by Gasteiger charge is -2.17. The molecule has 2 nitrogen and oxygen atoms in total. The monoisotopic (exact) mass is 285 g/mol. The van der Waals surface area contributed by atoms with Gasteiger partial charge in [0.2, 0.25) is 0 Å². The number of hydrogen-bond acceptors (Lipinski definition) is 2. The second kappa shape index (κ2) is 6.92. The van der Waals surface area contributed by atoms with Crippen molar-refractivity contribution < 1.29 is 4.74 Å². The highest BCUT2D eigenvalue weighted by Crippen LogP contribution is 2.27. The van der Waals surface area contributed by atoms with Gasteiger partial charge in [0.25, 0.3) is 0 Å². The summed E-state index contributed by atoms with van der Waals surface area (Å²) in [5.74, 6) is 0.925. The van der Waals surface area contributed by atoms with Gasteiger partial charge in [0.15, 0.2) is 0 Å². The van der Waals surface area contributed by atoms with Crippen molar-refractivity contribution in [3.8, 4) is 5.75 Å². The maximum absolute atomic E-state index is 5.90. The molecule has 3 heteroatoms. The van der Waals surface area contributed by atoms with Gasteiger partial charge in [-0.3, -0.25) is 0 Å². The van der Waals surface area contributed by atoms with Crippen molar-refractivity contribution in [2.75, 3.05) is 6.54 Å². The van der Waals surface area contributed by atoms with Gasteiger partial charge in [0.1, 0.15) is 5.75 Å². The third-order valence-electron chi connectivity index (χ3n) is 2.63. The van der Waals surface area contributed by atoms with Crippen molar-refractivity contribution in [1.29, 1.82) is 0 Å². The van der Waals surface area contributed by atoms with Gasteiger partial charge >= 0.3 is 0 Å². The van der Waals surface area contributed by atoms with Crippen molar-refractivity contribution in [2.24, 2.45) is 5.73 Å². The summed E-state index contributed by atoms with van der Waals surface area (Å²) in [4.78, 5) is 0. The van der Waals surface area contributed by atoms with Crippen molar-refractivity contribution in [3.63, 3.8) is 0 Å². The average Bonchev–Trinajstić information content (AvgIpc) is 2.29. The van der Waals surface area contributed by atoms with Crippen LogP contribution in [-0.2, 0) is 6.42 Å². The zero-order chi connectivity index (χ0) is 12.0. The Labute approximate surface area is 106 Å². The predicted molar refractivity (Wildman–Crippen MR) is 71.9 cm³/mol. The Kier molecular flexibility index (Phi) is 5.85. The van der Waals surface area contributed by atoms with Gasteiger partial charge < -0.3 is 10.5 Å². The van der Waals surface area contributed by atoms with Gasteiger partial charge in [-0.1, -0.05) is 19.9 Å². The Morgan fingerprint density at radius 1 is 1.31 bits per heavy atom. The van der Waals surface area contributed by atoms with E-state index >= 15 is 0 Å². The van der Waals surface area contributed by atoms with Crippen LogP contribution in [0.2, 0.25) is 0 Å². The number of rotatable bonds is 6. The van der Waals surface area contributed by atoms with Gasteiger partial charge in [0, 0.05) is 0 Å². The zero-order valence-electron chi connectivity index (χ0n) is 10.0. The fourth-order valence-corrected chi connectivity index (χ4v) is 2.12. The number of nitrogens with two attached hydrogens (primary N) is 1. The molecule has 0 aliphatic rings. The molecule has 1 aromatic carbocycles. The van der Waals surface area contributed by atoms with E-state index in [0.29, 0.717) is 12.6 Å². The molecular weight excluding hydrogens is 266 g/mol. The van der Waals surface area contributed by atoms with Gasteiger partial charge in [-0.25, -0.2) is 0 Å². The molecule has 2 N–H and O–H groups in total. The van der Waals surface area contributed by atoms with Crippen LogP contribution in [0, 0.1) is 0 Å². The van der Waals surface area contributed by atoms with Crippen LogP contribution in [0.3, 0.4) is 0 Å². The highest BCUT2D eigenvalue weighted by atomic mass is 79.9. The first-order valence-corrected chi connectivity index (χ1v) is 6.65. The fraction of sp³-hybridized carbons (Fsp3) is 0.538. The molecule has 0 aromatic heterocycles. The Morgan fingerprint density at radius 3 is 2.50 bits per heavy atom. The first-order valence-electron chi connectivity index (χ1n) is 5.86. The van der Waals surface area contributed by atoms with Crippen molar-refractivity contribution >= 4 is 15.9 Å². The minimum absolute atomic E-state index is 0.302. The molecule has 90 valence electrons. The van der Waals surface area contributed by atoms with E-state index in [1.807, 2.05) is 6.07 Å². The number of ether oxygens (including phenoxy) is 1. The Bertz CT molecular complexity index is 324. The Morgan fingerprint density at radius 2 is 2.00 bits per heavy atom. The summed E-state index contributed by atoms with van der Waals surface area (Å²) in [5.41, 5.74) is 6.77. The maximum atomic E-state index is 5.90. The summed E-state index contributed by atoms with van der Waals surface area (Å²) in [5, 5.41) is 0. The lowest BCUT2D eigenvalue weighted by Crippen LogP contribution is -2.14. The van der Waals surface area contributed by atoms with Crippen molar-refractivity contribution in [1.82, 2.24) is 0 Å². The summed E-state index contributed by atoms with van der Waals surface area (Å²) >= 11 is 3.54. The van der Waals surface area contributed by atoms with E-state index in [1.165, 1.54) is 5.56 Å².